The van der Waals surface area contributed by atoms with Gasteiger partial charge in [-0.2, -0.15) is 0 Å². The molecule has 0 saturated heterocycles. The van der Waals surface area contributed by atoms with Crippen LogP contribution < -0.4 is 0 Å². The Morgan fingerprint density at radius 2 is 2.50 bits per heavy atom. The fourth-order valence-corrected chi connectivity index (χ4v) is 1.89. The quantitative estimate of drug-likeness (QED) is 0.609. The van der Waals surface area contributed by atoms with Crippen LogP contribution in [0.25, 0.3) is 0 Å². The lowest BCUT2D eigenvalue weighted by molar-refractivity contribution is -0.380. The van der Waals surface area contributed by atoms with Gasteiger partial charge < -0.3 is 5.11 Å². The molecule has 0 bridgehead atoms. The van der Waals surface area contributed by atoms with Crippen LogP contribution in [0.1, 0.15) is 24.3 Å². The average molecular weight is 216 g/mol. The van der Waals surface area contributed by atoms with Gasteiger partial charge in [0.25, 0.3) is 0 Å². The molecule has 0 amide bonds. The van der Waals surface area contributed by atoms with Gasteiger partial charge in [0.15, 0.2) is 0 Å². The molecule has 7 heteroatoms. The lowest BCUT2D eigenvalue weighted by Gasteiger charge is -2.03. The van der Waals surface area contributed by atoms with E-state index in [2.05, 4.69) is 4.98 Å². The van der Waals surface area contributed by atoms with Crippen LogP contribution in [0.5, 0.6) is 0 Å². The van der Waals surface area contributed by atoms with Crippen molar-refractivity contribution in [2.75, 3.05) is 0 Å². The van der Waals surface area contributed by atoms with Crippen LogP contribution in [0.3, 0.4) is 0 Å². The molecule has 0 aliphatic heterocycles. The highest BCUT2D eigenvalue weighted by Crippen LogP contribution is 2.28. The summed E-state index contributed by atoms with van der Waals surface area (Å²) in [6, 6.07) is 0. The van der Waals surface area contributed by atoms with Crippen LogP contribution in [0.4, 0.5) is 5.00 Å². The maximum absolute atomic E-state index is 10.7. The average Bonchev–Trinajstić information content (AvgIpc) is 2.53. The standard InChI is InChI=1S/C7H8N2O4S/c1-2-4(7(10)11)6-8-3-5(14-6)9(12)13/h3-4H,2H2,1H3,(H,10,11). The first-order valence-electron chi connectivity index (χ1n) is 3.89. The van der Waals surface area contributed by atoms with Gasteiger partial charge in [0.05, 0.1) is 4.92 Å². The normalized spacial score (nSPS) is 12.4. The lowest BCUT2D eigenvalue weighted by atomic mass is 10.1. The molecule has 6 nitrogen and oxygen atoms in total. The first-order chi connectivity index (χ1) is 6.56. The first kappa shape index (κ1) is 10.6. The number of nitro groups is 1. The molecule has 0 aromatic carbocycles. The molecule has 1 unspecified atom stereocenters. The van der Waals surface area contributed by atoms with E-state index in [1.54, 1.807) is 6.92 Å². The van der Waals surface area contributed by atoms with Crippen molar-refractivity contribution in [2.45, 2.75) is 19.3 Å². The Morgan fingerprint density at radius 3 is 2.86 bits per heavy atom. The first-order valence-corrected chi connectivity index (χ1v) is 4.70. The summed E-state index contributed by atoms with van der Waals surface area (Å²) >= 11 is 0.811. The van der Waals surface area contributed by atoms with E-state index in [1.807, 2.05) is 0 Å². The SMILES string of the molecule is CCC(C(=O)O)c1ncc([N+](=O)[O-])s1. The van der Waals surface area contributed by atoms with Gasteiger partial charge in [-0.05, 0) is 17.8 Å². The van der Waals surface area contributed by atoms with Crippen molar-refractivity contribution in [2.24, 2.45) is 0 Å². The van der Waals surface area contributed by atoms with Crippen molar-refractivity contribution in [3.8, 4) is 0 Å². The summed E-state index contributed by atoms with van der Waals surface area (Å²) in [4.78, 5) is 24.2. The van der Waals surface area contributed by atoms with E-state index < -0.39 is 16.8 Å². The van der Waals surface area contributed by atoms with Gasteiger partial charge in [0.1, 0.15) is 17.1 Å². The van der Waals surface area contributed by atoms with Crippen molar-refractivity contribution < 1.29 is 14.8 Å². The second-order valence-electron chi connectivity index (χ2n) is 2.59. The Labute approximate surface area is 83.4 Å². The zero-order valence-electron chi connectivity index (χ0n) is 7.34. The Balaban J connectivity index is 2.95. The predicted octanol–water partition coefficient (Wildman–Crippen LogP) is 1.63. The number of aliphatic carboxylic acids is 1. The molecule has 1 aromatic heterocycles. The molecule has 0 radical (unpaired) electrons. The Kier molecular flexibility index (Phi) is 3.13. The maximum atomic E-state index is 10.7. The van der Waals surface area contributed by atoms with E-state index in [9.17, 15) is 14.9 Å². The van der Waals surface area contributed by atoms with Crippen LogP contribution in [0, 0.1) is 10.1 Å². The molecule has 0 aliphatic rings. The fraction of sp³-hybridized carbons (Fsp3) is 0.429. The third-order valence-electron chi connectivity index (χ3n) is 1.70. The molecule has 1 aromatic rings. The van der Waals surface area contributed by atoms with Gasteiger partial charge in [-0.25, -0.2) is 4.98 Å². The number of carboxylic acid groups (broad SMARTS) is 1. The van der Waals surface area contributed by atoms with Crippen molar-refractivity contribution in [3.05, 3.63) is 21.3 Å². The number of nitrogens with zero attached hydrogens (tertiary/aromatic N) is 2. The summed E-state index contributed by atoms with van der Waals surface area (Å²) in [6.45, 7) is 1.70. The third kappa shape index (κ3) is 2.05. The number of rotatable bonds is 4. The van der Waals surface area contributed by atoms with Crippen molar-refractivity contribution in [1.29, 1.82) is 0 Å². The van der Waals surface area contributed by atoms with E-state index in [0.717, 1.165) is 17.5 Å². The summed E-state index contributed by atoms with van der Waals surface area (Å²) in [5, 5.41) is 19.3. The minimum absolute atomic E-state index is 0.125. The molecular weight excluding hydrogens is 208 g/mol. The van der Waals surface area contributed by atoms with Crippen LogP contribution in [0.15, 0.2) is 6.20 Å². The van der Waals surface area contributed by atoms with Crippen molar-refractivity contribution in [1.82, 2.24) is 4.98 Å². The maximum Gasteiger partial charge on any atom is 0.343 e. The van der Waals surface area contributed by atoms with Crippen LogP contribution >= 0.6 is 11.3 Å². The number of hydrogen-bond donors (Lipinski definition) is 1. The Bertz CT molecular complexity index is 362. The van der Waals surface area contributed by atoms with E-state index in [1.165, 1.54) is 0 Å². The largest absolute Gasteiger partial charge is 0.481 e. The van der Waals surface area contributed by atoms with Crippen LogP contribution in [-0.4, -0.2) is 21.0 Å². The predicted molar refractivity (Wildman–Crippen MR) is 49.4 cm³/mol. The molecule has 0 aliphatic carbocycles. The lowest BCUT2D eigenvalue weighted by Crippen LogP contribution is -2.09. The van der Waals surface area contributed by atoms with Gasteiger partial charge in [-0.15, -0.1) is 0 Å². The number of aromatic nitrogens is 1. The smallest absolute Gasteiger partial charge is 0.343 e. The summed E-state index contributed by atoms with van der Waals surface area (Å²) in [7, 11) is 0. The molecular formula is C7H8N2O4S. The number of carbonyl (C=O) groups is 1. The van der Waals surface area contributed by atoms with E-state index >= 15 is 0 Å². The van der Waals surface area contributed by atoms with Crippen LogP contribution in [-0.2, 0) is 4.79 Å². The van der Waals surface area contributed by atoms with Crippen molar-refractivity contribution in [3.63, 3.8) is 0 Å². The molecule has 1 N–H and O–H groups in total. The molecule has 1 rings (SSSR count). The Hall–Kier alpha value is -1.50. The molecule has 0 spiro atoms. The van der Waals surface area contributed by atoms with E-state index in [4.69, 9.17) is 5.11 Å². The number of carboxylic acids is 1. The van der Waals surface area contributed by atoms with Gasteiger partial charge in [-0.3, -0.25) is 14.9 Å². The van der Waals surface area contributed by atoms with Crippen LogP contribution in [0.2, 0.25) is 0 Å². The zero-order valence-corrected chi connectivity index (χ0v) is 8.15. The second kappa shape index (κ2) is 4.14. The summed E-state index contributed by atoms with van der Waals surface area (Å²) in [6.07, 6.45) is 1.46. The highest BCUT2D eigenvalue weighted by Gasteiger charge is 2.23. The molecule has 76 valence electrons. The van der Waals surface area contributed by atoms with Gasteiger partial charge >= 0.3 is 11.0 Å². The minimum Gasteiger partial charge on any atom is -0.481 e. The number of hydrogen-bond acceptors (Lipinski definition) is 5. The van der Waals surface area contributed by atoms with Gasteiger partial charge in [0.2, 0.25) is 0 Å². The number of thiazole rings is 1. The van der Waals surface area contributed by atoms with E-state index in [0.29, 0.717) is 6.42 Å². The summed E-state index contributed by atoms with van der Waals surface area (Å²) in [5.41, 5.74) is 0. The zero-order chi connectivity index (χ0) is 10.7. The fourth-order valence-electron chi connectivity index (χ4n) is 0.979. The molecule has 0 saturated carbocycles. The molecule has 14 heavy (non-hydrogen) atoms. The van der Waals surface area contributed by atoms with Crippen molar-refractivity contribution >= 4 is 22.3 Å². The Morgan fingerprint density at radius 1 is 1.86 bits per heavy atom. The van der Waals surface area contributed by atoms with E-state index in [-0.39, 0.29) is 10.0 Å². The highest BCUT2D eigenvalue weighted by atomic mass is 32.1. The molecule has 1 atom stereocenters. The van der Waals surface area contributed by atoms with Gasteiger partial charge in [0, 0.05) is 0 Å². The van der Waals surface area contributed by atoms with Gasteiger partial charge in [-0.1, -0.05) is 6.92 Å². The summed E-state index contributed by atoms with van der Waals surface area (Å²) in [5.74, 6) is -1.74. The second-order valence-corrected chi connectivity index (χ2v) is 3.63. The summed E-state index contributed by atoms with van der Waals surface area (Å²) < 4.78 is 0. The topological polar surface area (TPSA) is 93.3 Å². The monoisotopic (exact) mass is 216 g/mol. The molecule has 0 fully saturated rings. The highest BCUT2D eigenvalue weighted by molar-refractivity contribution is 7.15. The molecule has 1 heterocycles. The third-order valence-corrected chi connectivity index (χ3v) is 2.76. The minimum atomic E-state index is -1.00.